The van der Waals surface area contributed by atoms with Crippen LogP contribution < -0.4 is 10.6 Å². The van der Waals surface area contributed by atoms with Gasteiger partial charge in [-0.25, -0.2) is 4.79 Å². The summed E-state index contributed by atoms with van der Waals surface area (Å²) in [6, 6.07) is 8.50. The fourth-order valence-corrected chi connectivity index (χ4v) is 2.93. The summed E-state index contributed by atoms with van der Waals surface area (Å²) < 4.78 is 0. The number of likely N-dealkylation sites (N-methyl/N-ethyl adjacent to an activating group) is 1. The van der Waals surface area contributed by atoms with Gasteiger partial charge in [0, 0.05) is 45.3 Å². The quantitative estimate of drug-likeness (QED) is 0.835. The van der Waals surface area contributed by atoms with Gasteiger partial charge in [-0.15, -0.1) is 0 Å². The molecule has 1 heterocycles. The summed E-state index contributed by atoms with van der Waals surface area (Å²) in [7, 11) is 2.15. The van der Waals surface area contributed by atoms with E-state index in [0.29, 0.717) is 6.54 Å². The number of rotatable bonds is 6. The first kappa shape index (κ1) is 17.8. The summed E-state index contributed by atoms with van der Waals surface area (Å²) in [5, 5.41) is 5.98. The third kappa shape index (κ3) is 6.59. The number of aryl methyl sites for hydroxylation is 1. The number of hydrogen-bond acceptors (Lipinski definition) is 3. The molecule has 0 spiro atoms. The van der Waals surface area contributed by atoms with E-state index in [2.05, 4.69) is 65.6 Å². The standard InChI is InChI=1S/C18H30N4O/c1-15-5-4-6-17(13-15)7-8-19-18(23)20-16(2)14-22-11-9-21(3)10-12-22/h4-6,13,16H,7-12,14H2,1-3H3,(H2,19,20,23). The smallest absolute Gasteiger partial charge is 0.315 e. The zero-order chi connectivity index (χ0) is 16.7. The average molecular weight is 318 g/mol. The second kappa shape index (κ2) is 8.89. The number of benzene rings is 1. The lowest BCUT2D eigenvalue weighted by Crippen LogP contribution is -2.51. The summed E-state index contributed by atoms with van der Waals surface area (Å²) in [5.41, 5.74) is 2.52. The minimum absolute atomic E-state index is 0.0701. The molecule has 1 atom stereocenters. The van der Waals surface area contributed by atoms with E-state index >= 15 is 0 Å². The largest absolute Gasteiger partial charge is 0.338 e. The van der Waals surface area contributed by atoms with Crippen LogP contribution >= 0.6 is 0 Å². The van der Waals surface area contributed by atoms with Gasteiger partial charge in [-0.1, -0.05) is 29.8 Å². The molecule has 0 aliphatic carbocycles. The SMILES string of the molecule is Cc1cccc(CCNC(=O)NC(C)CN2CCN(C)CC2)c1. The van der Waals surface area contributed by atoms with Gasteiger partial charge in [0.15, 0.2) is 0 Å². The van der Waals surface area contributed by atoms with Gasteiger partial charge in [0.2, 0.25) is 0 Å². The molecule has 128 valence electrons. The molecule has 1 aromatic carbocycles. The molecule has 2 rings (SSSR count). The first-order valence-electron chi connectivity index (χ1n) is 8.54. The minimum Gasteiger partial charge on any atom is -0.338 e. The molecule has 2 amide bonds. The van der Waals surface area contributed by atoms with Crippen LogP contribution in [0.4, 0.5) is 4.79 Å². The van der Waals surface area contributed by atoms with Gasteiger partial charge in [-0.2, -0.15) is 0 Å². The van der Waals surface area contributed by atoms with Gasteiger partial charge in [0.25, 0.3) is 0 Å². The fourth-order valence-electron chi connectivity index (χ4n) is 2.93. The Kier molecular flexibility index (Phi) is 6.86. The number of nitrogens with zero attached hydrogens (tertiary/aromatic N) is 2. The molecular weight excluding hydrogens is 288 g/mol. The summed E-state index contributed by atoms with van der Waals surface area (Å²) in [5.74, 6) is 0. The summed E-state index contributed by atoms with van der Waals surface area (Å²) >= 11 is 0. The van der Waals surface area contributed by atoms with E-state index in [1.807, 2.05) is 0 Å². The van der Waals surface area contributed by atoms with E-state index in [1.54, 1.807) is 0 Å². The predicted molar refractivity (Wildman–Crippen MR) is 94.8 cm³/mol. The van der Waals surface area contributed by atoms with Crippen LogP contribution in [0.15, 0.2) is 24.3 Å². The maximum absolute atomic E-state index is 12.0. The van der Waals surface area contributed by atoms with Gasteiger partial charge >= 0.3 is 6.03 Å². The maximum Gasteiger partial charge on any atom is 0.315 e. The summed E-state index contributed by atoms with van der Waals surface area (Å²) in [6.07, 6.45) is 0.863. The third-order valence-electron chi connectivity index (χ3n) is 4.29. The fraction of sp³-hybridized carbons (Fsp3) is 0.611. The second-order valence-corrected chi connectivity index (χ2v) is 6.64. The van der Waals surface area contributed by atoms with Crippen LogP contribution in [-0.2, 0) is 6.42 Å². The Morgan fingerprint density at radius 3 is 2.70 bits per heavy atom. The Morgan fingerprint density at radius 1 is 1.26 bits per heavy atom. The number of nitrogens with one attached hydrogen (secondary N) is 2. The molecule has 5 heteroatoms. The Morgan fingerprint density at radius 2 is 2.00 bits per heavy atom. The van der Waals surface area contributed by atoms with Crippen LogP contribution in [0.1, 0.15) is 18.1 Å². The number of hydrogen-bond donors (Lipinski definition) is 2. The van der Waals surface area contributed by atoms with Crippen LogP contribution in [0.25, 0.3) is 0 Å². The van der Waals surface area contributed by atoms with Crippen molar-refractivity contribution in [2.75, 3.05) is 46.3 Å². The topological polar surface area (TPSA) is 47.6 Å². The molecule has 2 N–H and O–H groups in total. The zero-order valence-electron chi connectivity index (χ0n) is 14.6. The lowest BCUT2D eigenvalue weighted by atomic mass is 10.1. The first-order chi connectivity index (χ1) is 11.0. The molecule has 23 heavy (non-hydrogen) atoms. The third-order valence-corrected chi connectivity index (χ3v) is 4.29. The molecule has 5 nitrogen and oxygen atoms in total. The molecule has 0 saturated carbocycles. The molecule has 0 bridgehead atoms. The van der Waals surface area contributed by atoms with E-state index in [4.69, 9.17) is 0 Å². The molecule has 1 aliphatic rings. The van der Waals surface area contributed by atoms with Crippen molar-refractivity contribution in [1.82, 2.24) is 20.4 Å². The van der Waals surface area contributed by atoms with Gasteiger partial charge < -0.3 is 15.5 Å². The van der Waals surface area contributed by atoms with Crippen molar-refractivity contribution in [3.8, 4) is 0 Å². The zero-order valence-corrected chi connectivity index (χ0v) is 14.6. The van der Waals surface area contributed by atoms with Crippen molar-refractivity contribution in [1.29, 1.82) is 0 Å². The molecule has 1 fully saturated rings. The van der Waals surface area contributed by atoms with E-state index < -0.39 is 0 Å². The summed E-state index contributed by atoms with van der Waals surface area (Å²) in [4.78, 5) is 16.7. The first-order valence-corrected chi connectivity index (χ1v) is 8.54. The normalized spacial score (nSPS) is 17.7. The highest BCUT2D eigenvalue weighted by Crippen LogP contribution is 2.04. The van der Waals surface area contributed by atoms with E-state index in [0.717, 1.165) is 39.1 Å². The summed E-state index contributed by atoms with van der Waals surface area (Å²) in [6.45, 7) is 10.1. The van der Waals surface area contributed by atoms with Gasteiger partial charge in [0.1, 0.15) is 0 Å². The molecule has 1 aromatic rings. The van der Waals surface area contributed by atoms with Crippen molar-refractivity contribution < 1.29 is 4.79 Å². The van der Waals surface area contributed by atoms with Crippen LogP contribution in [0.2, 0.25) is 0 Å². The number of urea groups is 1. The maximum atomic E-state index is 12.0. The molecular formula is C18H30N4O. The lowest BCUT2D eigenvalue weighted by Gasteiger charge is -2.34. The number of carbonyl (C=O) groups excluding carboxylic acids is 1. The Balaban J connectivity index is 1.62. The number of carbonyl (C=O) groups is 1. The highest BCUT2D eigenvalue weighted by Gasteiger charge is 2.16. The van der Waals surface area contributed by atoms with Crippen molar-refractivity contribution >= 4 is 6.03 Å². The highest BCUT2D eigenvalue weighted by molar-refractivity contribution is 5.74. The average Bonchev–Trinajstić information content (AvgIpc) is 2.49. The molecule has 1 unspecified atom stereocenters. The van der Waals surface area contributed by atoms with Crippen molar-refractivity contribution in [3.63, 3.8) is 0 Å². The van der Waals surface area contributed by atoms with Crippen LogP contribution in [0, 0.1) is 6.92 Å². The predicted octanol–water partition coefficient (Wildman–Crippen LogP) is 1.47. The number of amides is 2. The minimum atomic E-state index is -0.0701. The van der Waals surface area contributed by atoms with Gasteiger partial charge in [-0.05, 0) is 32.9 Å². The van der Waals surface area contributed by atoms with E-state index in [9.17, 15) is 4.79 Å². The highest BCUT2D eigenvalue weighted by atomic mass is 16.2. The Hall–Kier alpha value is -1.59. The van der Waals surface area contributed by atoms with Crippen LogP contribution in [0.5, 0.6) is 0 Å². The number of piperazine rings is 1. The Bertz CT molecular complexity index is 498. The second-order valence-electron chi connectivity index (χ2n) is 6.64. The van der Waals surface area contributed by atoms with Crippen molar-refractivity contribution in [3.05, 3.63) is 35.4 Å². The monoisotopic (exact) mass is 318 g/mol. The van der Waals surface area contributed by atoms with Crippen LogP contribution in [-0.4, -0.2) is 68.2 Å². The molecule has 0 aromatic heterocycles. The lowest BCUT2D eigenvalue weighted by molar-refractivity contribution is 0.144. The molecule has 0 radical (unpaired) electrons. The molecule has 1 aliphatic heterocycles. The van der Waals surface area contributed by atoms with E-state index in [1.165, 1.54) is 11.1 Å². The Labute approximate surface area is 140 Å². The van der Waals surface area contributed by atoms with Gasteiger partial charge in [-0.3, -0.25) is 4.90 Å². The van der Waals surface area contributed by atoms with Crippen molar-refractivity contribution in [2.45, 2.75) is 26.3 Å². The van der Waals surface area contributed by atoms with Crippen LogP contribution in [0.3, 0.4) is 0 Å². The molecule has 1 saturated heterocycles. The van der Waals surface area contributed by atoms with E-state index in [-0.39, 0.29) is 12.1 Å². The van der Waals surface area contributed by atoms with Crippen molar-refractivity contribution in [2.24, 2.45) is 0 Å². The van der Waals surface area contributed by atoms with Gasteiger partial charge in [0.05, 0.1) is 0 Å².